The lowest BCUT2D eigenvalue weighted by molar-refractivity contribution is 0.425. The molecular formula is C15H22N4S. The van der Waals surface area contributed by atoms with Crippen LogP contribution in [0, 0.1) is 0 Å². The lowest BCUT2D eigenvalue weighted by atomic mass is 10.1. The van der Waals surface area contributed by atoms with E-state index in [1.165, 1.54) is 23.4 Å². The van der Waals surface area contributed by atoms with Gasteiger partial charge in [0.25, 0.3) is 0 Å². The van der Waals surface area contributed by atoms with Crippen LogP contribution >= 0.6 is 11.3 Å². The van der Waals surface area contributed by atoms with Crippen molar-refractivity contribution in [3.05, 3.63) is 23.1 Å². The first-order valence-electron chi connectivity index (χ1n) is 7.15. The maximum absolute atomic E-state index is 4.89. The SMILES string of the molecule is Cn1cncc1-c1nc(C2CC2)c(CNC(C)(C)C)s1. The van der Waals surface area contributed by atoms with E-state index in [1.807, 2.05) is 24.1 Å². The summed E-state index contributed by atoms with van der Waals surface area (Å²) < 4.78 is 2.04. The largest absolute Gasteiger partial charge is 0.332 e. The molecule has 1 fully saturated rings. The molecule has 3 rings (SSSR count). The van der Waals surface area contributed by atoms with Crippen LogP contribution in [0.1, 0.15) is 50.1 Å². The van der Waals surface area contributed by atoms with Gasteiger partial charge in [-0.15, -0.1) is 11.3 Å². The molecule has 1 N–H and O–H groups in total. The molecule has 0 radical (unpaired) electrons. The van der Waals surface area contributed by atoms with Crippen LogP contribution < -0.4 is 5.32 Å². The Hall–Kier alpha value is -1.20. The van der Waals surface area contributed by atoms with E-state index in [1.54, 1.807) is 11.3 Å². The van der Waals surface area contributed by atoms with Crippen molar-refractivity contribution in [1.29, 1.82) is 0 Å². The maximum Gasteiger partial charge on any atom is 0.142 e. The number of hydrogen-bond donors (Lipinski definition) is 1. The first kappa shape index (κ1) is 13.8. The lowest BCUT2D eigenvalue weighted by Crippen LogP contribution is -2.35. The number of nitrogens with zero attached hydrogens (tertiary/aromatic N) is 3. The van der Waals surface area contributed by atoms with E-state index >= 15 is 0 Å². The number of thiazole rings is 1. The molecule has 1 aliphatic rings. The van der Waals surface area contributed by atoms with Crippen LogP contribution in [-0.4, -0.2) is 20.1 Å². The molecule has 0 saturated heterocycles. The molecule has 2 heterocycles. The van der Waals surface area contributed by atoms with E-state index in [-0.39, 0.29) is 5.54 Å². The molecule has 1 saturated carbocycles. The van der Waals surface area contributed by atoms with Crippen molar-refractivity contribution < 1.29 is 0 Å². The average molecular weight is 290 g/mol. The molecular weight excluding hydrogens is 268 g/mol. The second kappa shape index (κ2) is 4.97. The van der Waals surface area contributed by atoms with Gasteiger partial charge in [0.15, 0.2) is 0 Å². The summed E-state index contributed by atoms with van der Waals surface area (Å²) in [5.41, 5.74) is 2.55. The highest BCUT2D eigenvalue weighted by atomic mass is 32.1. The highest BCUT2D eigenvalue weighted by molar-refractivity contribution is 7.15. The summed E-state index contributed by atoms with van der Waals surface area (Å²) in [6.45, 7) is 7.51. The molecule has 1 aliphatic carbocycles. The molecule has 0 bridgehead atoms. The molecule has 0 unspecified atom stereocenters. The monoisotopic (exact) mass is 290 g/mol. The minimum absolute atomic E-state index is 0.136. The maximum atomic E-state index is 4.89. The van der Waals surface area contributed by atoms with Crippen molar-refractivity contribution in [1.82, 2.24) is 19.9 Å². The van der Waals surface area contributed by atoms with Crippen LogP contribution in [-0.2, 0) is 13.6 Å². The Morgan fingerprint density at radius 3 is 2.70 bits per heavy atom. The van der Waals surface area contributed by atoms with Gasteiger partial charge in [-0.2, -0.15) is 0 Å². The number of aromatic nitrogens is 3. The average Bonchev–Trinajstić information content (AvgIpc) is 2.98. The van der Waals surface area contributed by atoms with E-state index in [0.717, 1.165) is 17.2 Å². The molecule has 5 heteroatoms. The smallest absolute Gasteiger partial charge is 0.142 e. The van der Waals surface area contributed by atoms with E-state index in [4.69, 9.17) is 4.98 Å². The molecule has 4 nitrogen and oxygen atoms in total. The zero-order valence-corrected chi connectivity index (χ0v) is 13.4. The van der Waals surface area contributed by atoms with Crippen molar-refractivity contribution >= 4 is 11.3 Å². The molecule has 2 aromatic heterocycles. The molecule has 20 heavy (non-hydrogen) atoms. The molecule has 0 spiro atoms. The normalized spacial score (nSPS) is 15.8. The highest BCUT2D eigenvalue weighted by Crippen LogP contribution is 2.44. The van der Waals surface area contributed by atoms with E-state index in [9.17, 15) is 0 Å². The van der Waals surface area contributed by atoms with Gasteiger partial charge in [0.05, 0.1) is 23.9 Å². The van der Waals surface area contributed by atoms with Crippen LogP contribution in [0.5, 0.6) is 0 Å². The van der Waals surface area contributed by atoms with Gasteiger partial charge >= 0.3 is 0 Å². The minimum Gasteiger partial charge on any atom is -0.332 e. The number of rotatable bonds is 4. The Bertz CT molecular complexity index is 602. The van der Waals surface area contributed by atoms with Crippen molar-refractivity contribution in [3.8, 4) is 10.7 Å². The third-order valence-electron chi connectivity index (χ3n) is 3.51. The van der Waals surface area contributed by atoms with Crippen LogP contribution in [0.15, 0.2) is 12.5 Å². The molecule has 0 atom stereocenters. The quantitative estimate of drug-likeness (QED) is 0.939. The van der Waals surface area contributed by atoms with E-state index < -0.39 is 0 Å². The van der Waals surface area contributed by atoms with Crippen molar-refractivity contribution in [2.45, 2.75) is 51.6 Å². The van der Waals surface area contributed by atoms with E-state index in [0.29, 0.717) is 5.92 Å². The molecule has 2 aromatic rings. The minimum atomic E-state index is 0.136. The summed E-state index contributed by atoms with van der Waals surface area (Å²) in [6, 6.07) is 0. The zero-order valence-electron chi connectivity index (χ0n) is 12.6. The van der Waals surface area contributed by atoms with Gasteiger partial charge in [-0.3, -0.25) is 0 Å². The second-order valence-corrected chi connectivity index (χ2v) is 7.68. The van der Waals surface area contributed by atoms with Gasteiger partial charge in [-0.1, -0.05) is 0 Å². The van der Waals surface area contributed by atoms with Crippen LogP contribution in [0.4, 0.5) is 0 Å². The van der Waals surface area contributed by atoms with Gasteiger partial charge < -0.3 is 9.88 Å². The lowest BCUT2D eigenvalue weighted by Gasteiger charge is -2.20. The fourth-order valence-electron chi connectivity index (χ4n) is 2.18. The third kappa shape index (κ3) is 2.94. The summed E-state index contributed by atoms with van der Waals surface area (Å²) in [5, 5.41) is 4.68. The Kier molecular flexibility index (Phi) is 3.42. The fraction of sp³-hybridized carbons (Fsp3) is 0.600. The van der Waals surface area contributed by atoms with Crippen LogP contribution in [0.25, 0.3) is 10.7 Å². The first-order chi connectivity index (χ1) is 9.44. The van der Waals surface area contributed by atoms with Gasteiger partial charge in [-0.05, 0) is 33.6 Å². The molecule has 0 amide bonds. The highest BCUT2D eigenvalue weighted by Gasteiger charge is 2.30. The Balaban J connectivity index is 1.89. The Labute approximate surface area is 124 Å². The predicted octanol–water partition coefficient (Wildman–Crippen LogP) is 3.31. The molecule has 108 valence electrons. The zero-order chi connectivity index (χ0) is 14.3. The summed E-state index contributed by atoms with van der Waals surface area (Å²) in [5.74, 6) is 0.685. The Morgan fingerprint density at radius 2 is 2.15 bits per heavy atom. The third-order valence-corrected chi connectivity index (χ3v) is 4.60. The van der Waals surface area contributed by atoms with Gasteiger partial charge in [-0.25, -0.2) is 9.97 Å². The van der Waals surface area contributed by atoms with Crippen molar-refractivity contribution in [3.63, 3.8) is 0 Å². The number of aryl methyl sites for hydroxylation is 1. The topological polar surface area (TPSA) is 42.7 Å². The first-order valence-corrected chi connectivity index (χ1v) is 7.97. The summed E-state index contributed by atoms with van der Waals surface area (Å²) in [7, 11) is 2.02. The van der Waals surface area contributed by atoms with Crippen molar-refractivity contribution in [2.24, 2.45) is 7.05 Å². The summed E-state index contributed by atoms with van der Waals surface area (Å²) >= 11 is 1.81. The predicted molar refractivity (Wildman–Crippen MR) is 82.9 cm³/mol. The standard InChI is InChI=1S/C15H22N4S/c1-15(2,3)17-8-12-13(10-5-6-10)18-14(20-12)11-7-16-9-19(11)4/h7,9-10,17H,5-6,8H2,1-4H3. The molecule has 0 aromatic carbocycles. The fourth-order valence-corrected chi connectivity index (χ4v) is 3.32. The van der Waals surface area contributed by atoms with Gasteiger partial charge in [0, 0.05) is 29.9 Å². The second-order valence-electron chi connectivity index (χ2n) is 6.60. The summed E-state index contributed by atoms with van der Waals surface area (Å²) in [4.78, 5) is 10.5. The number of imidazole rings is 1. The van der Waals surface area contributed by atoms with Crippen molar-refractivity contribution in [2.75, 3.05) is 0 Å². The number of nitrogens with one attached hydrogen (secondary N) is 1. The Morgan fingerprint density at radius 1 is 1.40 bits per heavy atom. The molecule has 0 aliphatic heterocycles. The van der Waals surface area contributed by atoms with Crippen LogP contribution in [0.2, 0.25) is 0 Å². The summed E-state index contributed by atoms with van der Waals surface area (Å²) in [6.07, 6.45) is 6.31. The van der Waals surface area contributed by atoms with Gasteiger partial charge in [0.1, 0.15) is 5.01 Å². The van der Waals surface area contributed by atoms with Gasteiger partial charge in [0.2, 0.25) is 0 Å². The van der Waals surface area contributed by atoms with E-state index in [2.05, 4.69) is 31.1 Å². The number of hydrogen-bond acceptors (Lipinski definition) is 4. The van der Waals surface area contributed by atoms with Crippen LogP contribution in [0.3, 0.4) is 0 Å².